The smallest absolute Gasteiger partial charge is 0.407 e. The van der Waals surface area contributed by atoms with Crippen LogP contribution in [0.4, 0.5) is 10.5 Å². The molecule has 7 nitrogen and oxygen atoms in total. The average molecular weight is 490 g/mol. The summed E-state index contributed by atoms with van der Waals surface area (Å²) in [6, 6.07) is 14.9. The molecule has 0 aliphatic rings. The van der Waals surface area contributed by atoms with Gasteiger partial charge in [-0.25, -0.2) is 4.79 Å². The Morgan fingerprint density at radius 1 is 0.935 bits per heavy atom. The number of ether oxygens (including phenoxy) is 1. The molecule has 0 saturated carbocycles. The van der Waals surface area contributed by atoms with Gasteiger partial charge in [0.2, 0.25) is 11.8 Å². The van der Waals surface area contributed by atoms with Crippen molar-refractivity contribution in [3.05, 3.63) is 64.1 Å². The Bertz CT molecular complexity index is 908. The molecular formula is C23H28BrN3O4. The zero-order chi connectivity index (χ0) is 22.9. The number of hydrogen-bond acceptors (Lipinski definition) is 4. The zero-order valence-corrected chi connectivity index (χ0v) is 19.5. The van der Waals surface area contributed by atoms with Crippen LogP contribution in [-0.4, -0.2) is 30.1 Å². The molecule has 2 aromatic carbocycles. The first-order chi connectivity index (χ1) is 14.6. The Balaban J connectivity index is 1.75. The van der Waals surface area contributed by atoms with E-state index < -0.39 is 11.7 Å². The van der Waals surface area contributed by atoms with Crippen LogP contribution in [0.25, 0.3) is 0 Å². The maximum atomic E-state index is 12.2. The van der Waals surface area contributed by atoms with Gasteiger partial charge in [0, 0.05) is 29.7 Å². The van der Waals surface area contributed by atoms with Crippen LogP contribution in [0.3, 0.4) is 0 Å². The molecule has 0 aromatic heterocycles. The Hall–Kier alpha value is -2.87. The average Bonchev–Trinajstić information content (AvgIpc) is 2.67. The molecule has 0 unspecified atom stereocenters. The predicted molar refractivity (Wildman–Crippen MR) is 124 cm³/mol. The highest BCUT2D eigenvalue weighted by Crippen LogP contribution is 2.13. The molecule has 2 aromatic rings. The lowest BCUT2D eigenvalue weighted by atomic mass is 10.1. The van der Waals surface area contributed by atoms with Gasteiger partial charge in [-0.05, 0) is 56.2 Å². The zero-order valence-electron chi connectivity index (χ0n) is 18.0. The highest BCUT2D eigenvalue weighted by Gasteiger charge is 2.16. The topological polar surface area (TPSA) is 96.5 Å². The van der Waals surface area contributed by atoms with E-state index >= 15 is 0 Å². The molecule has 0 bridgehead atoms. The molecule has 3 amide bonds. The van der Waals surface area contributed by atoms with Crippen LogP contribution in [0.15, 0.2) is 53.0 Å². The highest BCUT2D eigenvalue weighted by atomic mass is 79.9. The molecule has 166 valence electrons. The van der Waals surface area contributed by atoms with Crippen molar-refractivity contribution < 1.29 is 19.1 Å². The van der Waals surface area contributed by atoms with Gasteiger partial charge in [0.15, 0.2) is 0 Å². The SMILES string of the molecule is CC(C)(C)OC(=O)NCCC(=O)Nc1cccc(CNC(=O)Cc2ccc(Br)cc2)c1. The van der Waals surface area contributed by atoms with E-state index in [4.69, 9.17) is 4.74 Å². The van der Waals surface area contributed by atoms with E-state index in [1.54, 1.807) is 32.9 Å². The fourth-order valence-electron chi connectivity index (χ4n) is 2.63. The number of nitrogens with one attached hydrogen (secondary N) is 3. The Labute approximate surface area is 191 Å². The Morgan fingerprint density at radius 3 is 2.32 bits per heavy atom. The van der Waals surface area contributed by atoms with E-state index in [2.05, 4.69) is 31.9 Å². The van der Waals surface area contributed by atoms with Crippen molar-refractivity contribution in [3.8, 4) is 0 Å². The molecule has 31 heavy (non-hydrogen) atoms. The van der Waals surface area contributed by atoms with Gasteiger partial charge in [0.1, 0.15) is 5.60 Å². The van der Waals surface area contributed by atoms with Gasteiger partial charge in [0.05, 0.1) is 6.42 Å². The van der Waals surface area contributed by atoms with Crippen LogP contribution >= 0.6 is 15.9 Å². The maximum Gasteiger partial charge on any atom is 0.407 e. The summed E-state index contributed by atoms with van der Waals surface area (Å²) >= 11 is 3.37. The van der Waals surface area contributed by atoms with Crippen LogP contribution in [-0.2, 0) is 27.3 Å². The summed E-state index contributed by atoms with van der Waals surface area (Å²) in [5.41, 5.74) is 1.85. The molecule has 0 fully saturated rings. The number of anilines is 1. The second-order valence-electron chi connectivity index (χ2n) is 8.01. The normalized spacial score (nSPS) is 10.8. The first kappa shape index (κ1) is 24.4. The second kappa shape index (κ2) is 11.5. The summed E-state index contributed by atoms with van der Waals surface area (Å²) in [7, 11) is 0. The van der Waals surface area contributed by atoms with Crippen LogP contribution in [0.2, 0.25) is 0 Å². The number of benzene rings is 2. The third kappa shape index (κ3) is 10.1. The van der Waals surface area contributed by atoms with E-state index in [9.17, 15) is 14.4 Å². The van der Waals surface area contributed by atoms with Crippen LogP contribution in [0, 0.1) is 0 Å². The fourth-order valence-corrected chi connectivity index (χ4v) is 2.89. The number of carbonyl (C=O) groups is 3. The van der Waals surface area contributed by atoms with Crippen molar-refractivity contribution in [2.45, 2.75) is 45.8 Å². The number of amides is 3. The maximum absolute atomic E-state index is 12.2. The number of hydrogen-bond donors (Lipinski definition) is 3. The quantitative estimate of drug-likeness (QED) is 0.518. The van der Waals surface area contributed by atoms with Gasteiger partial charge in [-0.1, -0.05) is 40.2 Å². The number of halogens is 1. The van der Waals surface area contributed by atoms with E-state index in [0.29, 0.717) is 18.7 Å². The van der Waals surface area contributed by atoms with Gasteiger partial charge in [-0.15, -0.1) is 0 Å². The molecule has 0 atom stereocenters. The summed E-state index contributed by atoms with van der Waals surface area (Å²) in [5.74, 6) is -0.308. The minimum atomic E-state index is -0.583. The molecule has 0 aliphatic heterocycles. The number of carbonyl (C=O) groups excluding carboxylic acids is 3. The van der Waals surface area contributed by atoms with E-state index in [0.717, 1.165) is 15.6 Å². The summed E-state index contributed by atoms with van der Waals surface area (Å²) in [6.07, 6.45) is -0.136. The van der Waals surface area contributed by atoms with Crippen LogP contribution in [0.1, 0.15) is 38.3 Å². The van der Waals surface area contributed by atoms with Crippen LogP contribution in [0.5, 0.6) is 0 Å². The molecule has 0 radical (unpaired) electrons. The minimum Gasteiger partial charge on any atom is -0.444 e. The molecule has 8 heteroatoms. The lowest BCUT2D eigenvalue weighted by Gasteiger charge is -2.19. The van der Waals surface area contributed by atoms with Crippen molar-refractivity contribution in [3.63, 3.8) is 0 Å². The molecule has 3 N–H and O–H groups in total. The Kier molecular flexibility index (Phi) is 9.05. The second-order valence-corrected chi connectivity index (χ2v) is 8.92. The van der Waals surface area contributed by atoms with Crippen molar-refractivity contribution in [2.24, 2.45) is 0 Å². The predicted octanol–water partition coefficient (Wildman–Crippen LogP) is 4.16. The Morgan fingerprint density at radius 2 is 1.65 bits per heavy atom. The van der Waals surface area contributed by atoms with Crippen LogP contribution < -0.4 is 16.0 Å². The first-order valence-corrected chi connectivity index (χ1v) is 10.8. The number of rotatable bonds is 8. The van der Waals surface area contributed by atoms with Gasteiger partial charge in [-0.2, -0.15) is 0 Å². The molecule has 0 aliphatic carbocycles. The summed E-state index contributed by atoms with van der Waals surface area (Å²) in [6.45, 7) is 5.85. The highest BCUT2D eigenvalue weighted by molar-refractivity contribution is 9.10. The number of alkyl carbamates (subject to hydrolysis) is 1. The van der Waals surface area contributed by atoms with E-state index in [1.165, 1.54) is 0 Å². The molecule has 0 saturated heterocycles. The summed E-state index contributed by atoms with van der Waals surface area (Å²) in [5, 5.41) is 8.22. The first-order valence-electron chi connectivity index (χ1n) is 9.97. The molecule has 0 spiro atoms. The van der Waals surface area contributed by atoms with E-state index in [-0.39, 0.29) is 24.8 Å². The third-order valence-corrected chi connectivity index (χ3v) is 4.53. The van der Waals surface area contributed by atoms with Gasteiger partial charge in [-0.3, -0.25) is 9.59 Å². The van der Waals surface area contributed by atoms with Crippen molar-refractivity contribution in [1.82, 2.24) is 10.6 Å². The molecule has 0 heterocycles. The standard InChI is InChI=1S/C23H28BrN3O4/c1-23(2,3)31-22(30)25-12-11-20(28)27-19-6-4-5-17(13-19)15-26-21(29)14-16-7-9-18(24)10-8-16/h4-10,13H,11-12,14-15H2,1-3H3,(H,25,30)(H,26,29)(H,27,28). The fraction of sp³-hybridized carbons (Fsp3) is 0.348. The summed E-state index contributed by atoms with van der Waals surface area (Å²) in [4.78, 5) is 35.9. The largest absolute Gasteiger partial charge is 0.444 e. The van der Waals surface area contributed by atoms with E-state index in [1.807, 2.05) is 36.4 Å². The monoisotopic (exact) mass is 489 g/mol. The third-order valence-electron chi connectivity index (χ3n) is 4.00. The van der Waals surface area contributed by atoms with Crippen molar-refractivity contribution in [1.29, 1.82) is 0 Å². The van der Waals surface area contributed by atoms with Gasteiger partial charge < -0.3 is 20.7 Å². The van der Waals surface area contributed by atoms with Crippen molar-refractivity contribution >= 4 is 39.5 Å². The molecule has 2 rings (SSSR count). The van der Waals surface area contributed by atoms with Gasteiger partial charge in [0.25, 0.3) is 0 Å². The summed E-state index contributed by atoms with van der Waals surface area (Å²) < 4.78 is 6.09. The minimum absolute atomic E-state index is 0.0787. The lowest BCUT2D eigenvalue weighted by Crippen LogP contribution is -2.34. The van der Waals surface area contributed by atoms with Gasteiger partial charge >= 0.3 is 6.09 Å². The lowest BCUT2D eigenvalue weighted by molar-refractivity contribution is -0.120. The van der Waals surface area contributed by atoms with Crippen molar-refractivity contribution in [2.75, 3.05) is 11.9 Å². The molecular weight excluding hydrogens is 462 g/mol.